The number of halogens is 1. The van der Waals surface area contributed by atoms with E-state index in [0.29, 0.717) is 17.9 Å². The molecule has 1 atom stereocenters. The minimum absolute atomic E-state index is 0.192. The van der Waals surface area contributed by atoms with Crippen molar-refractivity contribution in [3.05, 3.63) is 109 Å². The van der Waals surface area contributed by atoms with E-state index in [-0.39, 0.29) is 11.4 Å². The van der Waals surface area contributed by atoms with Crippen molar-refractivity contribution in [1.82, 2.24) is 20.6 Å². The zero-order valence-corrected chi connectivity index (χ0v) is 18.3. The molecule has 3 aromatic carbocycles. The molecule has 8 nitrogen and oxygen atoms in total. The van der Waals surface area contributed by atoms with Crippen LogP contribution in [0.3, 0.4) is 0 Å². The van der Waals surface area contributed by atoms with E-state index >= 15 is 0 Å². The number of tetrazole rings is 1. The Morgan fingerprint density at radius 1 is 1.00 bits per heavy atom. The predicted octanol–water partition coefficient (Wildman–Crippen LogP) is 3.65. The molecule has 1 aliphatic carbocycles. The number of benzene rings is 2. The lowest BCUT2D eigenvalue weighted by molar-refractivity contribution is 0.591. The van der Waals surface area contributed by atoms with E-state index in [2.05, 4.69) is 47.2 Å². The molecular formula is C23H17BrN6O2. The summed E-state index contributed by atoms with van der Waals surface area (Å²) in [5, 5.41) is 21.1. The molecule has 9 heteroatoms. The zero-order chi connectivity index (χ0) is 22.1. The van der Waals surface area contributed by atoms with Gasteiger partial charge in [0.25, 0.3) is 10.9 Å². The Morgan fingerprint density at radius 2 is 1.81 bits per heavy atom. The van der Waals surface area contributed by atoms with E-state index in [4.69, 9.17) is 0 Å². The normalized spacial score (nSPS) is 17.8. The maximum atomic E-state index is 12.6. The van der Waals surface area contributed by atoms with Gasteiger partial charge in [-0.1, -0.05) is 75.8 Å². The minimum Gasteiger partial charge on any atom is -0.363 e. The number of nitrogens with zero attached hydrogens (tertiary/aromatic N) is 3. The topological polar surface area (TPSA) is 113 Å². The average Bonchev–Trinajstić information content (AvgIpc) is 3.38. The van der Waals surface area contributed by atoms with Crippen molar-refractivity contribution in [3.63, 3.8) is 0 Å². The Balaban J connectivity index is 1.60. The van der Waals surface area contributed by atoms with E-state index in [9.17, 15) is 9.59 Å². The number of aromatic nitrogens is 4. The maximum Gasteiger partial charge on any atom is 0.253 e. The highest BCUT2D eigenvalue weighted by Crippen LogP contribution is 2.43. The molecule has 158 valence electrons. The molecular weight excluding hydrogens is 472 g/mol. The van der Waals surface area contributed by atoms with Gasteiger partial charge in [0.2, 0.25) is 5.82 Å². The molecule has 1 aliphatic rings. The van der Waals surface area contributed by atoms with Crippen LogP contribution in [0.15, 0.2) is 86.9 Å². The molecule has 0 amide bonds. The van der Waals surface area contributed by atoms with E-state index in [1.807, 2.05) is 72.8 Å². The molecule has 3 N–H and O–H groups in total. The highest BCUT2D eigenvalue weighted by Gasteiger charge is 2.43. The summed E-state index contributed by atoms with van der Waals surface area (Å²) in [5.74, 6) is 0.374. The number of rotatable bonds is 6. The zero-order valence-electron chi connectivity index (χ0n) is 16.7. The van der Waals surface area contributed by atoms with E-state index in [1.54, 1.807) is 0 Å². The molecule has 0 saturated carbocycles. The SMILES string of the molecule is O=c1c(Nc2cccc(Br)c2)c(NC2(c3nn[nH]n3)CC=CC=C2c2ccccc2)c1=O. The maximum absolute atomic E-state index is 12.6. The van der Waals surface area contributed by atoms with Crippen molar-refractivity contribution < 1.29 is 0 Å². The summed E-state index contributed by atoms with van der Waals surface area (Å²) in [6.07, 6.45) is 6.32. The second-order valence-electron chi connectivity index (χ2n) is 7.39. The number of anilines is 3. The third kappa shape index (κ3) is 3.36. The van der Waals surface area contributed by atoms with Gasteiger partial charge >= 0.3 is 0 Å². The van der Waals surface area contributed by atoms with Gasteiger partial charge in [-0.05, 0) is 29.3 Å². The first-order chi connectivity index (χ1) is 15.6. The van der Waals surface area contributed by atoms with Gasteiger partial charge in [0.05, 0.1) is 0 Å². The van der Waals surface area contributed by atoms with Crippen LogP contribution < -0.4 is 21.5 Å². The number of hydrogen-bond acceptors (Lipinski definition) is 7. The lowest BCUT2D eigenvalue weighted by Gasteiger charge is -2.37. The van der Waals surface area contributed by atoms with Gasteiger partial charge in [0, 0.05) is 16.6 Å². The second-order valence-corrected chi connectivity index (χ2v) is 8.30. The molecule has 1 heterocycles. The summed E-state index contributed by atoms with van der Waals surface area (Å²) < 4.78 is 0.852. The predicted molar refractivity (Wildman–Crippen MR) is 126 cm³/mol. The van der Waals surface area contributed by atoms with Crippen LogP contribution in [0.2, 0.25) is 0 Å². The molecule has 0 saturated heterocycles. The monoisotopic (exact) mass is 488 g/mol. The van der Waals surface area contributed by atoms with Crippen molar-refractivity contribution in [1.29, 1.82) is 0 Å². The smallest absolute Gasteiger partial charge is 0.253 e. The van der Waals surface area contributed by atoms with Crippen LogP contribution in [0, 0.1) is 0 Å². The molecule has 1 unspecified atom stereocenters. The van der Waals surface area contributed by atoms with Crippen LogP contribution >= 0.6 is 15.9 Å². The fraction of sp³-hybridized carbons (Fsp3) is 0.0870. The van der Waals surface area contributed by atoms with E-state index < -0.39 is 16.4 Å². The van der Waals surface area contributed by atoms with E-state index in [0.717, 1.165) is 15.6 Å². The number of allylic oxidation sites excluding steroid dienone is 2. The summed E-state index contributed by atoms with van der Waals surface area (Å²) in [6.45, 7) is 0. The van der Waals surface area contributed by atoms with E-state index in [1.165, 1.54) is 0 Å². The molecule has 0 aliphatic heterocycles. The number of H-pyrrole nitrogens is 1. The van der Waals surface area contributed by atoms with Gasteiger partial charge in [0.1, 0.15) is 16.9 Å². The third-order valence-electron chi connectivity index (χ3n) is 5.44. The largest absolute Gasteiger partial charge is 0.363 e. The first-order valence-electron chi connectivity index (χ1n) is 9.89. The van der Waals surface area contributed by atoms with Crippen LogP contribution in [-0.2, 0) is 5.54 Å². The summed E-state index contributed by atoms with van der Waals surface area (Å²) in [5.41, 5.74) is 0.733. The third-order valence-corrected chi connectivity index (χ3v) is 5.93. The second kappa shape index (κ2) is 8.01. The van der Waals surface area contributed by atoms with Gasteiger partial charge in [0.15, 0.2) is 0 Å². The van der Waals surface area contributed by atoms with Crippen molar-refractivity contribution in [2.45, 2.75) is 12.0 Å². The fourth-order valence-corrected chi connectivity index (χ4v) is 4.30. The summed E-state index contributed by atoms with van der Waals surface area (Å²) in [7, 11) is 0. The highest BCUT2D eigenvalue weighted by molar-refractivity contribution is 9.10. The highest BCUT2D eigenvalue weighted by atomic mass is 79.9. The summed E-state index contributed by atoms with van der Waals surface area (Å²) >= 11 is 3.42. The van der Waals surface area contributed by atoms with Crippen molar-refractivity contribution in [2.24, 2.45) is 0 Å². The van der Waals surface area contributed by atoms with Crippen LogP contribution in [-0.4, -0.2) is 20.6 Å². The standard InChI is InChI=1S/C23H17BrN6O2/c24-15-9-6-10-16(13-15)25-18-19(21(32)20(18)31)26-23(22-27-29-30-28-22)12-5-4-11-17(23)14-7-2-1-3-8-14/h1-11,13,25-26H,12H2,(H,27,28,29,30). The summed E-state index contributed by atoms with van der Waals surface area (Å²) in [4.78, 5) is 25.1. The number of nitrogens with one attached hydrogen (secondary N) is 3. The lowest BCUT2D eigenvalue weighted by Crippen LogP contribution is -2.45. The number of hydrogen-bond donors (Lipinski definition) is 3. The molecule has 1 aromatic heterocycles. The summed E-state index contributed by atoms with van der Waals surface area (Å²) in [6, 6.07) is 17.1. The van der Waals surface area contributed by atoms with Gasteiger partial charge in [-0.3, -0.25) is 9.59 Å². The van der Waals surface area contributed by atoms with Crippen LogP contribution in [0.1, 0.15) is 17.8 Å². The van der Waals surface area contributed by atoms with Gasteiger partial charge < -0.3 is 10.6 Å². The van der Waals surface area contributed by atoms with Gasteiger partial charge in [-0.2, -0.15) is 5.21 Å². The molecule has 0 spiro atoms. The van der Waals surface area contributed by atoms with Crippen LogP contribution in [0.5, 0.6) is 0 Å². The average molecular weight is 489 g/mol. The molecule has 0 bridgehead atoms. The molecule has 4 aromatic rings. The Morgan fingerprint density at radius 3 is 2.56 bits per heavy atom. The Kier molecular flexibility index (Phi) is 5.02. The van der Waals surface area contributed by atoms with Gasteiger partial charge in [-0.15, -0.1) is 10.2 Å². The van der Waals surface area contributed by atoms with Crippen LogP contribution in [0.25, 0.3) is 5.57 Å². The first kappa shape index (κ1) is 20.1. The fourth-order valence-electron chi connectivity index (χ4n) is 3.90. The molecule has 0 radical (unpaired) electrons. The molecule has 5 rings (SSSR count). The first-order valence-corrected chi connectivity index (χ1v) is 10.7. The Hall–Kier alpha value is -3.85. The Labute approximate surface area is 190 Å². The van der Waals surface area contributed by atoms with Crippen LogP contribution in [0.4, 0.5) is 17.1 Å². The van der Waals surface area contributed by atoms with Crippen molar-refractivity contribution >= 4 is 38.6 Å². The molecule has 32 heavy (non-hydrogen) atoms. The molecule has 0 fully saturated rings. The Bertz CT molecular complexity index is 1400. The quantitative estimate of drug-likeness (QED) is 0.355. The minimum atomic E-state index is -0.987. The van der Waals surface area contributed by atoms with Crippen molar-refractivity contribution in [3.8, 4) is 0 Å². The lowest BCUT2D eigenvalue weighted by atomic mass is 9.78. The van der Waals surface area contributed by atoms with Crippen molar-refractivity contribution in [2.75, 3.05) is 10.6 Å². The number of aromatic amines is 1. The van der Waals surface area contributed by atoms with Gasteiger partial charge in [-0.25, -0.2) is 0 Å².